The van der Waals surface area contributed by atoms with Crippen LogP contribution in [0.5, 0.6) is 0 Å². The topological polar surface area (TPSA) is 60.9 Å². The molecule has 0 spiro atoms. The van der Waals surface area contributed by atoms with Crippen LogP contribution in [-0.2, 0) is 14.6 Å². The fourth-order valence-corrected chi connectivity index (χ4v) is 6.27. The van der Waals surface area contributed by atoms with E-state index in [0.717, 1.165) is 38.2 Å². The van der Waals surface area contributed by atoms with Crippen molar-refractivity contribution < 1.29 is 13.2 Å². The lowest BCUT2D eigenvalue weighted by Gasteiger charge is -2.48. The predicted molar refractivity (Wildman–Crippen MR) is 108 cm³/mol. The third kappa shape index (κ3) is 3.66. The zero-order chi connectivity index (χ0) is 19.2. The van der Waals surface area contributed by atoms with Crippen LogP contribution in [0.1, 0.15) is 20.3 Å². The number of nitrogens with zero attached hydrogens (tertiary/aromatic N) is 3. The molecule has 2 atom stereocenters. The second kappa shape index (κ2) is 6.69. The minimum Gasteiger partial charge on any atom is -0.369 e. The Labute approximate surface area is 162 Å². The lowest BCUT2D eigenvalue weighted by atomic mass is 9.73. The largest absolute Gasteiger partial charge is 0.369 e. The van der Waals surface area contributed by atoms with Crippen LogP contribution in [0.15, 0.2) is 24.3 Å². The molecule has 4 aliphatic heterocycles. The fraction of sp³-hybridized carbons (Fsp3) is 0.650. The number of rotatable bonds is 3. The molecule has 0 saturated carbocycles. The first-order valence-electron chi connectivity index (χ1n) is 9.79. The smallest absolute Gasteiger partial charge is 0.209 e. The van der Waals surface area contributed by atoms with Gasteiger partial charge in [-0.25, -0.2) is 8.42 Å². The van der Waals surface area contributed by atoms with Crippen LogP contribution in [0.25, 0.3) is 0 Å². The summed E-state index contributed by atoms with van der Waals surface area (Å²) in [5.41, 5.74) is 2.45. The van der Waals surface area contributed by atoms with Crippen LogP contribution in [-0.4, -0.2) is 70.0 Å². The number of carbonyl (C=O) groups is 1. The number of hydrogen-bond donors (Lipinski definition) is 0. The van der Waals surface area contributed by atoms with Crippen molar-refractivity contribution in [1.29, 1.82) is 0 Å². The lowest BCUT2D eigenvalue weighted by molar-refractivity contribution is -0.118. The van der Waals surface area contributed by atoms with Gasteiger partial charge in [-0.1, -0.05) is 13.8 Å². The van der Waals surface area contributed by atoms with Crippen molar-refractivity contribution in [2.75, 3.05) is 54.0 Å². The average molecular weight is 392 g/mol. The highest BCUT2D eigenvalue weighted by Gasteiger charge is 2.45. The van der Waals surface area contributed by atoms with Crippen molar-refractivity contribution in [1.82, 2.24) is 4.90 Å². The molecule has 2 bridgehead atoms. The van der Waals surface area contributed by atoms with Gasteiger partial charge in [0.05, 0.1) is 17.5 Å². The minimum atomic E-state index is -2.86. The number of benzene rings is 1. The zero-order valence-electron chi connectivity index (χ0n) is 16.2. The molecule has 4 heterocycles. The first-order chi connectivity index (χ1) is 12.8. The van der Waals surface area contributed by atoms with Gasteiger partial charge in [-0.2, -0.15) is 0 Å². The molecule has 4 fully saturated rings. The maximum absolute atomic E-state index is 11.6. The third-order valence-corrected chi connectivity index (χ3v) is 8.10. The number of hydrogen-bond acceptors (Lipinski definition) is 5. The summed E-state index contributed by atoms with van der Waals surface area (Å²) >= 11 is 0. The van der Waals surface area contributed by atoms with Crippen LogP contribution in [0.3, 0.4) is 0 Å². The average Bonchev–Trinajstić information content (AvgIpc) is 2.88. The molecule has 1 aromatic rings. The monoisotopic (exact) mass is 391 g/mol. The lowest BCUT2D eigenvalue weighted by Crippen LogP contribution is -2.53. The summed E-state index contributed by atoms with van der Waals surface area (Å²) < 4.78 is 23.3. The molecular formula is C20H29N3O3S. The van der Waals surface area contributed by atoms with Gasteiger partial charge >= 0.3 is 0 Å². The number of carbonyl (C=O) groups excluding carboxylic acids is 1. The van der Waals surface area contributed by atoms with Crippen molar-refractivity contribution in [3.63, 3.8) is 0 Å². The molecule has 5 rings (SSSR count). The molecule has 4 aliphatic rings. The van der Waals surface area contributed by atoms with Gasteiger partial charge in [0.1, 0.15) is 0 Å². The Morgan fingerprint density at radius 1 is 1.00 bits per heavy atom. The number of amides is 1. The summed E-state index contributed by atoms with van der Waals surface area (Å²) in [6.07, 6.45) is 2.15. The van der Waals surface area contributed by atoms with Crippen molar-refractivity contribution in [3.8, 4) is 0 Å². The van der Waals surface area contributed by atoms with Gasteiger partial charge in [-0.05, 0) is 42.0 Å². The Morgan fingerprint density at radius 2 is 1.63 bits per heavy atom. The van der Waals surface area contributed by atoms with Gasteiger partial charge < -0.3 is 14.7 Å². The third-order valence-electron chi connectivity index (χ3n) is 6.49. The Kier molecular flexibility index (Phi) is 4.61. The van der Waals surface area contributed by atoms with E-state index < -0.39 is 9.84 Å². The van der Waals surface area contributed by atoms with E-state index in [-0.39, 0.29) is 16.9 Å². The maximum atomic E-state index is 11.6. The summed E-state index contributed by atoms with van der Waals surface area (Å²) in [4.78, 5) is 18.0. The van der Waals surface area contributed by atoms with Crippen LogP contribution in [0, 0.1) is 11.3 Å². The molecule has 148 valence electrons. The highest BCUT2D eigenvalue weighted by molar-refractivity contribution is 7.91. The maximum Gasteiger partial charge on any atom is 0.209 e. The predicted octanol–water partition coefficient (Wildman–Crippen LogP) is 1.61. The molecule has 1 aromatic carbocycles. The molecule has 4 saturated heterocycles. The fourth-order valence-electron chi connectivity index (χ4n) is 5.07. The van der Waals surface area contributed by atoms with E-state index in [1.54, 1.807) is 0 Å². The van der Waals surface area contributed by atoms with E-state index in [1.165, 1.54) is 5.69 Å². The summed E-state index contributed by atoms with van der Waals surface area (Å²) in [7, 11) is -2.86. The Hall–Kier alpha value is -1.76. The second-order valence-electron chi connectivity index (χ2n) is 8.94. The van der Waals surface area contributed by atoms with Crippen LogP contribution < -0.4 is 9.80 Å². The molecule has 1 amide bonds. The highest BCUT2D eigenvalue weighted by Crippen LogP contribution is 2.43. The van der Waals surface area contributed by atoms with Gasteiger partial charge in [0.25, 0.3) is 0 Å². The van der Waals surface area contributed by atoms with Gasteiger partial charge in [0.15, 0.2) is 9.84 Å². The van der Waals surface area contributed by atoms with Crippen LogP contribution in [0.2, 0.25) is 0 Å². The summed E-state index contributed by atoms with van der Waals surface area (Å²) in [5, 5.41) is 0. The SMILES string of the molecule is CC1(C)C[C@@H]2CN(C=O)C[C@H]1N(c1ccc(N3CCS(=O)(=O)CC3)cc1)C2. The minimum absolute atomic E-state index is 0.167. The summed E-state index contributed by atoms with van der Waals surface area (Å²) in [5.74, 6) is 0.969. The Balaban J connectivity index is 1.54. The van der Waals surface area contributed by atoms with Crippen LogP contribution in [0.4, 0.5) is 11.4 Å². The highest BCUT2D eigenvalue weighted by atomic mass is 32.2. The van der Waals surface area contributed by atoms with E-state index in [0.29, 0.717) is 25.0 Å². The summed E-state index contributed by atoms with van der Waals surface area (Å²) in [6.45, 7) is 8.37. The van der Waals surface area contributed by atoms with E-state index in [9.17, 15) is 13.2 Å². The Bertz CT molecular complexity index is 792. The first-order valence-corrected chi connectivity index (χ1v) is 11.6. The molecule has 0 N–H and O–H groups in total. The van der Waals surface area contributed by atoms with Gasteiger partial charge in [0.2, 0.25) is 6.41 Å². The first kappa shape index (κ1) is 18.6. The molecule has 6 nitrogen and oxygen atoms in total. The van der Waals surface area contributed by atoms with E-state index in [4.69, 9.17) is 0 Å². The normalized spacial score (nSPS) is 29.5. The number of anilines is 2. The number of piperidine rings is 1. The van der Waals surface area contributed by atoms with Gasteiger partial charge in [-0.3, -0.25) is 4.79 Å². The summed E-state index contributed by atoms with van der Waals surface area (Å²) in [6, 6.07) is 8.83. The van der Waals surface area contributed by atoms with Crippen molar-refractivity contribution in [2.24, 2.45) is 11.3 Å². The van der Waals surface area contributed by atoms with E-state index in [1.807, 2.05) is 4.90 Å². The number of sulfone groups is 1. The molecular weight excluding hydrogens is 362 g/mol. The van der Waals surface area contributed by atoms with E-state index in [2.05, 4.69) is 47.9 Å². The van der Waals surface area contributed by atoms with E-state index >= 15 is 0 Å². The molecule has 0 radical (unpaired) electrons. The molecule has 0 unspecified atom stereocenters. The van der Waals surface area contributed by atoms with Crippen molar-refractivity contribution in [2.45, 2.75) is 26.3 Å². The quantitative estimate of drug-likeness (QED) is 0.733. The van der Waals surface area contributed by atoms with Crippen molar-refractivity contribution in [3.05, 3.63) is 24.3 Å². The van der Waals surface area contributed by atoms with Gasteiger partial charge in [0, 0.05) is 44.1 Å². The number of fused-ring (bicyclic) bond motifs is 4. The van der Waals surface area contributed by atoms with Gasteiger partial charge in [-0.15, -0.1) is 0 Å². The Morgan fingerprint density at radius 3 is 2.26 bits per heavy atom. The van der Waals surface area contributed by atoms with Crippen LogP contribution >= 0.6 is 0 Å². The molecule has 0 aliphatic carbocycles. The standard InChI is InChI=1S/C20H29N3O3S/c1-20(2)11-16-12-21(15-24)14-19(20)23(13-16)18-5-3-17(4-6-18)22-7-9-27(25,26)10-8-22/h3-6,15-16,19H,7-14H2,1-2H3/t16-,19-/m1/s1. The second-order valence-corrected chi connectivity index (χ2v) is 11.2. The van der Waals surface area contributed by atoms with Crippen molar-refractivity contribution >= 4 is 27.6 Å². The zero-order valence-corrected chi connectivity index (χ0v) is 17.0. The molecule has 0 aromatic heterocycles. The molecule has 27 heavy (non-hydrogen) atoms. The molecule has 7 heteroatoms.